The first-order chi connectivity index (χ1) is 10.2. The highest BCUT2D eigenvalue weighted by atomic mass is 16.2. The molecule has 1 atom stereocenters. The number of likely N-dealkylation sites (tertiary alicyclic amines) is 2. The Bertz CT molecular complexity index is 529. The predicted octanol–water partition coefficient (Wildman–Crippen LogP) is 2.69. The molecule has 2 aliphatic heterocycles. The zero-order chi connectivity index (χ0) is 14.4. The Morgan fingerprint density at radius 1 is 1.14 bits per heavy atom. The van der Waals surface area contributed by atoms with Crippen molar-refractivity contribution < 1.29 is 4.79 Å². The predicted molar refractivity (Wildman–Crippen MR) is 82.8 cm³/mol. The standard InChI is InChI=1S/C18H24N2O/c1-19-16(15-5-3-2-4-6-15)18(17(19)21)9-11-20(12-10-18)13-14-7-8-14/h2-6,14,16H,7-13H2,1H3/t16-/m0/s1. The maximum atomic E-state index is 12.6. The summed E-state index contributed by atoms with van der Waals surface area (Å²) in [6.07, 6.45) is 4.89. The first-order valence-electron chi connectivity index (χ1n) is 8.25. The SMILES string of the molecule is CN1C(=O)C2(CCN(CC3CC3)CC2)[C@@H]1c1ccccc1. The molecule has 1 aliphatic carbocycles. The van der Waals surface area contributed by atoms with Crippen LogP contribution in [0, 0.1) is 11.3 Å². The van der Waals surface area contributed by atoms with E-state index in [2.05, 4.69) is 35.2 Å². The first-order valence-corrected chi connectivity index (χ1v) is 8.25. The Hall–Kier alpha value is -1.35. The quantitative estimate of drug-likeness (QED) is 0.797. The van der Waals surface area contributed by atoms with Crippen molar-refractivity contribution in [1.82, 2.24) is 9.80 Å². The summed E-state index contributed by atoms with van der Waals surface area (Å²) in [4.78, 5) is 17.1. The summed E-state index contributed by atoms with van der Waals surface area (Å²) in [5.41, 5.74) is 1.19. The zero-order valence-electron chi connectivity index (χ0n) is 12.8. The van der Waals surface area contributed by atoms with Crippen LogP contribution in [0.5, 0.6) is 0 Å². The number of hydrogen-bond acceptors (Lipinski definition) is 2. The third-order valence-electron chi connectivity index (χ3n) is 5.73. The summed E-state index contributed by atoms with van der Waals surface area (Å²) in [6.45, 7) is 3.45. The Labute approximate surface area is 126 Å². The fourth-order valence-electron chi connectivity index (χ4n) is 4.36. The average Bonchev–Trinajstić information content (AvgIpc) is 3.34. The van der Waals surface area contributed by atoms with Crippen LogP contribution in [-0.2, 0) is 4.79 Å². The summed E-state index contributed by atoms with van der Waals surface area (Å²) < 4.78 is 0. The van der Waals surface area contributed by atoms with E-state index in [-0.39, 0.29) is 11.5 Å². The number of piperidine rings is 1. The molecule has 4 rings (SSSR count). The lowest BCUT2D eigenvalue weighted by molar-refractivity contribution is -0.176. The molecule has 21 heavy (non-hydrogen) atoms. The van der Waals surface area contributed by atoms with Gasteiger partial charge in [0.1, 0.15) is 0 Å². The van der Waals surface area contributed by atoms with Crippen molar-refractivity contribution in [3.63, 3.8) is 0 Å². The molecule has 3 nitrogen and oxygen atoms in total. The molecule has 1 aromatic rings. The average molecular weight is 284 g/mol. The highest BCUT2D eigenvalue weighted by molar-refractivity contribution is 5.90. The van der Waals surface area contributed by atoms with Gasteiger partial charge in [-0.1, -0.05) is 30.3 Å². The number of carbonyl (C=O) groups excluding carboxylic acids is 1. The van der Waals surface area contributed by atoms with Gasteiger partial charge in [-0.25, -0.2) is 0 Å². The minimum absolute atomic E-state index is 0.115. The molecular formula is C18H24N2O. The van der Waals surface area contributed by atoms with E-state index >= 15 is 0 Å². The molecule has 1 amide bonds. The van der Waals surface area contributed by atoms with Crippen LogP contribution in [0.15, 0.2) is 30.3 Å². The number of β-lactam (4-membered cyclic amide) rings is 1. The largest absolute Gasteiger partial charge is 0.337 e. The van der Waals surface area contributed by atoms with Crippen LogP contribution in [-0.4, -0.2) is 42.4 Å². The molecule has 0 N–H and O–H groups in total. The van der Waals surface area contributed by atoms with Gasteiger partial charge in [-0.15, -0.1) is 0 Å². The summed E-state index contributed by atoms with van der Waals surface area (Å²) in [5.74, 6) is 1.31. The molecular weight excluding hydrogens is 260 g/mol. The van der Waals surface area contributed by atoms with Crippen LogP contribution < -0.4 is 0 Å². The lowest BCUT2D eigenvalue weighted by atomic mass is 9.62. The highest BCUT2D eigenvalue weighted by Crippen LogP contribution is 2.55. The lowest BCUT2D eigenvalue weighted by Crippen LogP contribution is -2.64. The third-order valence-corrected chi connectivity index (χ3v) is 5.73. The minimum atomic E-state index is -0.115. The molecule has 1 saturated carbocycles. The lowest BCUT2D eigenvalue weighted by Gasteiger charge is -2.58. The molecule has 1 spiro atoms. The molecule has 0 bridgehead atoms. The van der Waals surface area contributed by atoms with Crippen molar-refractivity contribution in [2.45, 2.75) is 31.7 Å². The van der Waals surface area contributed by atoms with E-state index in [1.54, 1.807) is 0 Å². The van der Waals surface area contributed by atoms with Crippen molar-refractivity contribution in [1.29, 1.82) is 0 Å². The van der Waals surface area contributed by atoms with E-state index in [1.807, 2.05) is 11.9 Å². The highest BCUT2D eigenvalue weighted by Gasteiger charge is 2.59. The van der Waals surface area contributed by atoms with E-state index in [9.17, 15) is 4.79 Å². The molecule has 0 unspecified atom stereocenters. The number of rotatable bonds is 3. The summed E-state index contributed by atoms with van der Waals surface area (Å²) in [6, 6.07) is 10.9. The Balaban J connectivity index is 1.51. The third kappa shape index (κ3) is 2.10. The van der Waals surface area contributed by atoms with Crippen LogP contribution in [0.2, 0.25) is 0 Å². The van der Waals surface area contributed by atoms with Crippen LogP contribution in [0.3, 0.4) is 0 Å². The molecule has 0 radical (unpaired) electrons. The van der Waals surface area contributed by atoms with Gasteiger partial charge < -0.3 is 9.80 Å². The number of hydrogen-bond donors (Lipinski definition) is 0. The molecule has 1 aromatic carbocycles. The molecule has 2 heterocycles. The summed E-state index contributed by atoms with van der Waals surface area (Å²) >= 11 is 0. The van der Waals surface area contributed by atoms with E-state index in [0.717, 1.165) is 31.8 Å². The smallest absolute Gasteiger partial charge is 0.231 e. The monoisotopic (exact) mass is 284 g/mol. The maximum absolute atomic E-state index is 12.6. The van der Waals surface area contributed by atoms with Gasteiger partial charge in [0.05, 0.1) is 11.5 Å². The van der Waals surface area contributed by atoms with Crippen molar-refractivity contribution >= 4 is 5.91 Å². The van der Waals surface area contributed by atoms with Gasteiger partial charge in [-0.3, -0.25) is 4.79 Å². The van der Waals surface area contributed by atoms with Gasteiger partial charge in [0.2, 0.25) is 5.91 Å². The fourth-order valence-corrected chi connectivity index (χ4v) is 4.36. The normalized spacial score (nSPS) is 28.7. The Morgan fingerprint density at radius 3 is 2.43 bits per heavy atom. The van der Waals surface area contributed by atoms with Gasteiger partial charge in [0.25, 0.3) is 0 Å². The Morgan fingerprint density at radius 2 is 1.81 bits per heavy atom. The van der Waals surface area contributed by atoms with Crippen LogP contribution in [0.4, 0.5) is 0 Å². The van der Waals surface area contributed by atoms with Gasteiger partial charge >= 0.3 is 0 Å². The van der Waals surface area contributed by atoms with Gasteiger partial charge in [-0.2, -0.15) is 0 Å². The molecule has 3 aliphatic rings. The number of benzene rings is 1. The topological polar surface area (TPSA) is 23.6 Å². The number of carbonyl (C=O) groups is 1. The molecule has 3 fully saturated rings. The second-order valence-corrected chi connectivity index (χ2v) is 7.13. The van der Waals surface area contributed by atoms with Crippen molar-refractivity contribution in [3.8, 4) is 0 Å². The Kier molecular flexibility index (Phi) is 3.07. The molecule has 3 heteroatoms. The first kappa shape index (κ1) is 13.3. The molecule has 112 valence electrons. The summed E-state index contributed by atoms with van der Waals surface area (Å²) in [5, 5.41) is 0. The minimum Gasteiger partial charge on any atom is -0.337 e. The van der Waals surface area contributed by atoms with Crippen molar-refractivity contribution in [3.05, 3.63) is 35.9 Å². The van der Waals surface area contributed by atoms with Gasteiger partial charge in [-0.05, 0) is 50.3 Å². The van der Waals surface area contributed by atoms with E-state index in [1.165, 1.54) is 24.9 Å². The van der Waals surface area contributed by atoms with E-state index in [0.29, 0.717) is 5.91 Å². The number of amides is 1. The second-order valence-electron chi connectivity index (χ2n) is 7.13. The second kappa shape index (κ2) is 4.84. The molecule has 2 saturated heterocycles. The van der Waals surface area contributed by atoms with E-state index in [4.69, 9.17) is 0 Å². The van der Waals surface area contributed by atoms with Crippen molar-refractivity contribution in [2.75, 3.05) is 26.7 Å². The fraction of sp³-hybridized carbons (Fsp3) is 0.611. The number of nitrogens with zero attached hydrogens (tertiary/aromatic N) is 2. The summed E-state index contributed by atoms with van der Waals surface area (Å²) in [7, 11) is 1.96. The van der Waals surface area contributed by atoms with Gasteiger partial charge in [0, 0.05) is 13.6 Å². The van der Waals surface area contributed by atoms with Crippen LogP contribution >= 0.6 is 0 Å². The maximum Gasteiger partial charge on any atom is 0.231 e. The van der Waals surface area contributed by atoms with Crippen LogP contribution in [0.1, 0.15) is 37.3 Å². The van der Waals surface area contributed by atoms with Crippen molar-refractivity contribution in [2.24, 2.45) is 11.3 Å². The van der Waals surface area contributed by atoms with E-state index < -0.39 is 0 Å². The molecule has 0 aromatic heterocycles. The zero-order valence-corrected chi connectivity index (χ0v) is 12.8. The van der Waals surface area contributed by atoms with Gasteiger partial charge in [0.15, 0.2) is 0 Å². The van der Waals surface area contributed by atoms with Crippen LogP contribution in [0.25, 0.3) is 0 Å².